The quantitative estimate of drug-likeness (QED) is 0.586. The zero-order valence-electron chi connectivity index (χ0n) is 17.6. The van der Waals surface area contributed by atoms with E-state index in [-0.39, 0.29) is 12.6 Å². The van der Waals surface area contributed by atoms with Crippen LogP contribution in [0.15, 0.2) is 48.8 Å². The lowest BCUT2D eigenvalue weighted by Gasteiger charge is -2.32. The molecular weight excluding hydrogens is 442 g/mol. The molecule has 1 unspecified atom stereocenters. The number of halogens is 4. The van der Waals surface area contributed by atoms with E-state index in [1.165, 1.54) is 12.1 Å². The number of amides is 1. The third kappa shape index (κ3) is 4.98. The summed E-state index contributed by atoms with van der Waals surface area (Å²) in [6.07, 6.45) is -2.49. The molecule has 1 N–H and O–H groups in total. The van der Waals surface area contributed by atoms with Crippen LogP contribution in [0.2, 0.25) is 0 Å². The van der Waals surface area contributed by atoms with E-state index in [4.69, 9.17) is 4.74 Å². The van der Waals surface area contributed by atoms with Crippen molar-refractivity contribution in [2.24, 2.45) is 0 Å². The third-order valence-corrected chi connectivity index (χ3v) is 5.19. The number of nitrogens with zero attached hydrogens (tertiary/aromatic N) is 4. The fourth-order valence-electron chi connectivity index (χ4n) is 3.61. The van der Waals surface area contributed by atoms with Gasteiger partial charge in [0.25, 0.3) is 5.91 Å². The lowest BCUT2D eigenvalue weighted by Crippen LogP contribution is -2.41. The van der Waals surface area contributed by atoms with Crippen LogP contribution in [-0.4, -0.2) is 46.5 Å². The second-order valence-electron chi connectivity index (χ2n) is 7.60. The monoisotopic (exact) mass is 463 g/mol. The summed E-state index contributed by atoms with van der Waals surface area (Å²) < 4.78 is 61.2. The van der Waals surface area contributed by atoms with Crippen molar-refractivity contribution in [2.75, 3.05) is 24.6 Å². The number of aromatic nitrogens is 3. The molecule has 0 aliphatic carbocycles. The minimum atomic E-state index is -4.93. The average Bonchev–Trinajstić information content (AvgIpc) is 3.24. The maximum atomic E-state index is 14.1. The summed E-state index contributed by atoms with van der Waals surface area (Å²) in [6, 6.07) is 8.44. The Morgan fingerprint density at radius 2 is 2.00 bits per heavy atom. The highest BCUT2D eigenvalue weighted by atomic mass is 19.4. The molecule has 0 spiro atoms. The second-order valence-corrected chi connectivity index (χ2v) is 7.60. The number of rotatable bonds is 5. The molecule has 1 amide bonds. The Kier molecular flexibility index (Phi) is 6.32. The molecule has 1 aliphatic rings. The average molecular weight is 463 g/mol. The first-order valence-corrected chi connectivity index (χ1v) is 10.2. The van der Waals surface area contributed by atoms with E-state index in [0.717, 1.165) is 24.1 Å². The standard InChI is InChI=1S/C22H21F4N5O2/c1-14-13-30(8-9-33-14)19-7-6-15(10-27-19)11-28-21(32)16-12-29-31(20(16)22(24,25)26)18-5-3-2-4-17(18)23/h2-7,10,12,14H,8-9,11,13H2,1H3,(H,28,32). The van der Waals surface area contributed by atoms with Gasteiger partial charge in [0.1, 0.15) is 17.3 Å². The topological polar surface area (TPSA) is 72.3 Å². The number of benzene rings is 1. The Morgan fingerprint density at radius 1 is 1.21 bits per heavy atom. The van der Waals surface area contributed by atoms with Crippen molar-refractivity contribution >= 4 is 11.7 Å². The van der Waals surface area contributed by atoms with Crippen LogP contribution in [0, 0.1) is 5.82 Å². The molecule has 1 saturated heterocycles. The van der Waals surface area contributed by atoms with E-state index in [1.54, 1.807) is 18.3 Å². The number of morpholine rings is 1. The van der Waals surface area contributed by atoms with Gasteiger partial charge in [0.15, 0.2) is 5.69 Å². The van der Waals surface area contributed by atoms with Crippen LogP contribution in [0.1, 0.15) is 28.5 Å². The molecule has 0 saturated carbocycles. The molecule has 3 aromatic rings. The Morgan fingerprint density at radius 3 is 2.67 bits per heavy atom. The Labute approximate surface area is 187 Å². The molecule has 1 aromatic carbocycles. The minimum Gasteiger partial charge on any atom is -0.375 e. The van der Waals surface area contributed by atoms with Crippen LogP contribution in [0.3, 0.4) is 0 Å². The van der Waals surface area contributed by atoms with Crippen LogP contribution in [-0.2, 0) is 17.5 Å². The van der Waals surface area contributed by atoms with E-state index >= 15 is 0 Å². The van der Waals surface area contributed by atoms with E-state index < -0.39 is 34.8 Å². The Balaban J connectivity index is 1.49. The van der Waals surface area contributed by atoms with Gasteiger partial charge >= 0.3 is 6.18 Å². The normalized spacial score (nSPS) is 16.6. The van der Waals surface area contributed by atoms with Crippen molar-refractivity contribution < 1.29 is 27.1 Å². The van der Waals surface area contributed by atoms with Crippen LogP contribution in [0.25, 0.3) is 5.69 Å². The minimum absolute atomic E-state index is 0.0339. The van der Waals surface area contributed by atoms with Gasteiger partial charge in [0.05, 0.1) is 24.5 Å². The van der Waals surface area contributed by atoms with E-state index in [1.807, 2.05) is 6.92 Å². The van der Waals surface area contributed by atoms with Gasteiger partial charge in [-0.2, -0.15) is 18.3 Å². The number of ether oxygens (including phenoxy) is 1. The van der Waals surface area contributed by atoms with Crippen molar-refractivity contribution in [3.63, 3.8) is 0 Å². The Hall–Kier alpha value is -3.47. The molecule has 1 atom stereocenters. The molecule has 11 heteroatoms. The first kappa shape index (κ1) is 22.7. The molecule has 1 aliphatic heterocycles. The maximum absolute atomic E-state index is 14.1. The second kappa shape index (κ2) is 9.18. The van der Waals surface area contributed by atoms with E-state index in [2.05, 4.69) is 20.3 Å². The summed E-state index contributed by atoms with van der Waals surface area (Å²) in [6.45, 7) is 3.95. The fraction of sp³-hybridized carbons (Fsp3) is 0.318. The number of hydrogen-bond acceptors (Lipinski definition) is 5. The van der Waals surface area contributed by atoms with Gasteiger partial charge in [0.2, 0.25) is 0 Å². The highest BCUT2D eigenvalue weighted by Crippen LogP contribution is 2.34. The zero-order chi connectivity index (χ0) is 23.6. The van der Waals surface area contributed by atoms with Gasteiger partial charge in [-0.15, -0.1) is 0 Å². The van der Waals surface area contributed by atoms with Crippen molar-refractivity contribution in [1.29, 1.82) is 0 Å². The number of anilines is 1. The molecule has 7 nitrogen and oxygen atoms in total. The number of carbonyl (C=O) groups excluding carboxylic acids is 1. The fourth-order valence-corrected chi connectivity index (χ4v) is 3.61. The maximum Gasteiger partial charge on any atom is 0.434 e. The van der Waals surface area contributed by atoms with Gasteiger partial charge in [-0.25, -0.2) is 14.1 Å². The molecule has 1 fully saturated rings. The van der Waals surface area contributed by atoms with Gasteiger partial charge < -0.3 is 15.0 Å². The molecule has 0 bridgehead atoms. The molecule has 3 heterocycles. The first-order valence-electron chi connectivity index (χ1n) is 10.2. The van der Waals surface area contributed by atoms with Crippen molar-refractivity contribution in [3.8, 4) is 5.69 Å². The van der Waals surface area contributed by atoms with Crippen LogP contribution >= 0.6 is 0 Å². The lowest BCUT2D eigenvalue weighted by molar-refractivity contribution is -0.143. The molecule has 2 aromatic heterocycles. The van der Waals surface area contributed by atoms with Crippen LogP contribution in [0.4, 0.5) is 23.4 Å². The molecule has 33 heavy (non-hydrogen) atoms. The predicted octanol–water partition coefficient (Wildman–Crippen LogP) is 3.58. The summed E-state index contributed by atoms with van der Waals surface area (Å²) in [5.41, 5.74) is -1.83. The van der Waals surface area contributed by atoms with E-state index in [9.17, 15) is 22.4 Å². The highest BCUT2D eigenvalue weighted by molar-refractivity contribution is 5.95. The summed E-state index contributed by atoms with van der Waals surface area (Å²) in [5.74, 6) is -1.11. The number of alkyl halides is 3. The number of carbonyl (C=O) groups is 1. The number of nitrogens with one attached hydrogen (secondary N) is 1. The molecule has 174 valence electrons. The summed E-state index contributed by atoms with van der Waals surface area (Å²) >= 11 is 0. The van der Waals surface area contributed by atoms with Gasteiger partial charge in [-0.3, -0.25) is 4.79 Å². The van der Waals surface area contributed by atoms with Crippen molar-refractivity contribution in [3.05, 3.63) is 71.4 Å². The molecule has 4 rings (SSSR count). The number of pyridine rings is 1. The lowest BCUT2D eigenvalue weighted by atomic mass is 10.2. The molecular formula is C22H21F4N5O2. The zero-order valence-corrected chi connectivity index (χ0v) is 17.6. The van der Waals surface area contributed by atoms with Crippen molar-refractivity contribution in [2.45, 2.75) is 25.7 Å². The smallest absolute Gasteiger partial charge is 0.375 e. The van der Waals surface area contributed by atoms with Gasteiger partial charge in [-0.05, 0) is 30.7 Å². The number of hydrogen-bond donors (Lipinski definition) is 1. The van der Waals surface area contributed by atoms with Gasteiger partial charge in [0, 0.05) is 25.8 Å². The SMILES string of the molecule is CC1CN(c2ccc(CNC(=O)c3cnn(-c4ccccc4F)c3C(F)(F)F)cn2)CCO1. The summed E-state index contributed by atoms with van der Waals surface area (Å²) in [4.78, 5) is 19.0. The summed E-state index contributed by atoms with van der Waals surface area (Å²) in [7, 11) is 0. The first-order chi connectivity index (χ1) is 15.7. The largest absolute Gasteiger partial charge is 0.434 e. The van der Waals surface area contributed by atoms with E-state index in [0.29, 0.717) is 29.9 Å². The predicted molar refractivity (Wildman–Crippen MR) is 112 cm³/mol. The highest BCUT2D eigenvalue weighted by Gasteiger charge is 2.41. The number of para-hydroxylation sites is 1. The summed E-state index contributed by atoms with van der Waals surface area (Å²) in [5, 5.41) is 6.08. The van der Waals surface area contributed by atoms with Gasteiger partial charge in [-0.1, -0.05) is 18.2 Å². The Bertz CT molecular complexity index is 1130. The molecule has 0 radical (unpaired) electrons. The van der Waals surface area contributed by atoms with Crippen LogP contribution < -0.4 is 10.2 Å². The van der Waals surface area contributed by atoms with Crippen molar-refractivity contribution in [1.82, 2.24) is 20.1 Å². The van der Waals surface area contributed by atoms with Crippen LogP contribution in [0.5, 0.6) is 0 Å². The third-order valence-electron chi connectivity index (χ3n) is 5.19.